The molecule has 2 N–H and O–H groups in total. The number of alkyl carbamates (subject to hydrolysis) is 1. The Hall–Kier alpha value is -2.22. The first-order chi connectivity index (χ1) is 17.6. The number of thioether (sulfide) groups is 1. The fourth-order valence-corrected chi connectivity index (χ4v) is 4.46. The first-order valence-electron chi connectivity index (χ1n) is 13.5. The van der Waals surface area contributed by atoms with E-state index in [2.05, 4.69) is 56.6 Å². The van der Waals surface area contributed by atoms with Gasteiger partial charge in [-0.2, -0.15) is 11.8 Å². The average molecular weight is 553 g/mol. The number of carbonyl (C=O) groups excluding carboxylic acids is 3. The molecular weight excluding hydrogens is 500 g/mol. The van der Waals surface area contributed by atoms with Crippen LogP contribution in [0.2, 0.25) is 0 Å². The lowest BCUT2D eigenvalue weighted by Gasteiger charge is -2.25. The molecule has 218 valence electrons. The van der Waals surface area contributed by atoms with E-state index in [0.717, 1.165) is 31.4 Å². The molecular formula is C30H52N2O5S. The van der Waals surface area contributed by atoms with Crippen LogP contribution in [0.25, 0.3) is 0 Å². The van der Waals surface area contributed by atoms with Crippen molar-refractivity contribution in [1.82, 2.24) is 10.6 Å². The summed E-state index contributed by atoms with van der Waals surface area (Å²) in [5.74, 6) is 0.298. The number of ether oxygens (including phenoxy) is 2. The van der Waals surface area contributed by atoms with Crippen LogP contribution in [-0.2, 0) is 19.1 Å². The minimum atomic E-state index is -0.817. The van der Waals surface area contributed by atoms with E-state index >= 15 is 0 Å². The third-order valence-corrected chi connectivity index (χ3v) is 6.45. The second-order valence-corrected chi connectivity index (χ2v) is 12.5. The minimum absolute atomic E-state index is 0.149. The van der Waals surface area contributed by atoms with Crippen LogP contribution in [0.15, 0.2) is 34.9 Å². The topological polar surface area (TPSA) is 93.7 Å². The van der Waals surface area contributed by atoms with E-state index in [1.54, 1.807) is 32.5 Å². The van der Waals surface area contributed by atoms with Crippen LogP contribution in [0.3, 0.4) is 0 Å². The second kappa shape index (κ2) is 18.9. The van der Waals surface area contributed by atoms with E-state index in [4.69, 9.17) is 9.47 Å². The minimum Gasteiger partial charge on any atom is -0.467 e. The molecule has 0 aliphatic rings. The predicted octanol–water partition coefficient (Wildman–Crippen LogP) is 6.74. The number of methoxy groups -OCH3 is 1. The summed E-state index contributed by atoms with van der Waals surface area (Å²) in [7, 11) is 1.30. The molecule has 0 saturated carbocycles. The molecule has 0 radical (unpaired) electrons. The smallest absolute Gasteiger partial charge is 0.408 e. The SMILES string of the molecule is COC(=O)[C@H](CSC/C=C(\C)CC/C=C(\C)CCC=C(C)C)NC(=O)[C@H](CC(C)C)NC(=O)OC(C)(C)C. The highest BCUT2D eigenvalue weighted by atomic mass is 32.2. The maximum absolute atomic E-state index is 13.0. The molecule has 0 aromatic heterocycles. The lowest BCUT2D eigenvalue weighted by Crippen LogP contribution is -2.53. The largest absolute Gasteiger partial charge is 0.467 e. The zero-order chi connectivity index (χ0) is 29.3. The van der Waals surface area contributed by atoms with Gasteiger partial charge in [0.25, 0.3) is 0 Å². The maximum atomic E-state index is 13.0. The van der Waals surface area contributed by atoms with Gasteiger partial charge in [0, 0.05) is 11.5 Å². The van der Waals surface area contributed by atoms with Crippen molar-refractivity contribution in [2.45, 2.75) is 112 Å². The van der Waals surface area contributed by atoms with Gasteiger partial charge in [0.15, 0.2) is 0 Å². The Morgan fingerprint density at radius 2 is 1.45 bits per heavy atom. The maximum Gasteiger partial charge on any atom is 0.408 e. The van der Waals surface area contributed by atoms with E-state index in [9.17, 15) is 14.4 Å². The van der Waals surface area contributed by atoms with Crippen molar-refractivity contribution in [3.05, 3.63) is 34.9 Å². The van der Waals surface area contributed by atoms with Crippen LogP contribution in [-0.4, -0.2) is 54.3 Å². The summed E-state index contributed by atoms with van der Waals surface area (Å²) < 4.78 is 10.2. The second-order valence-electron chi connectivity index (χ2n) is 11.4. The Morgan fingerprint density at radius 3 is 1.97 bits per heavy atom. The average Bonchev–Trinajstić information content (AvgIpc) is 2.78. The molecule has 0 rings (SSSR count). The van der Waals surface area contributed by atoms with Crippen molar-refractivity contribution < 1.29 is 23.9 Å². The van der Waals surface area contributed by atoms with Gasteiger partial charge >= 0.3 is 12.1 Å². The molecule has 0 unspecified atom stereocenters. The highest BCUT2D eigenvalue weighted by Gasteiger charge is 2.29. The van der Waals surface area contributed by atoms with Gasteiger partial charge in [-0.1, -0.05) is 48.8 Å². The molecule has 8 heteroatoms. The van der Waals surface area contributed by atoms with Gasteiger partial charge in [-0.05, 0) is 86.5 Å². The monoisotopic (exact) mass is 552 g/mol. The summed E-state index contributed by atoms with van der Waals surface area (Å²) in [5.41, 5.74) is 3.39. The zero-order valence-corrected chi connectivity index (χ0v) is 26.2. The van der Waals surface area contributed by atoms with E-state index in [1.165, 1.54) is 23.8 Å². The number of nitrogens with one attached hydrogen (secondary N) is 2. The molecule has 38 heavy (non-hydrogen) atoms. The molecule has 0 heterocycles. The van der Waals surface area contributed by atoms with E-state index in [-0.39, 0.29) is 5.92 Å². The van der Waals surface area contributed by atoms with Crippen molar-refractivity contribution in [2.24, 2.45) is 5.92 Å². The van der Waals surface area contributed by atoms with Crippen LogP contribution >= 0.6 is 11.8 Å². The predicted molar refractivity (Wildman–Crippen MR) is 159 cm³/mol. The van der Waals surface area contributed by atoms with Crippen molar-refractivity contribution in [3.63, 3.8) is 0 Å². The van der Waals surface area contributed by atoms with Gasteiger partial charge in [-0.3, -0.25) is 4.79 Å². The first kappa shape index (κ1) is 35.8. The van der Waals surface area contributed by atoms with Crippen LogP contribution in [0.4, 0.5) is 4.79 Å². The summed E-state index contributed by atoms with van der Waals surface area (Å²) in [4.78, 5) is 37.6. The summed E-state index contributed by atoms with van der Waals surface area (Å²) in [5, 5.41) is 5.41. The molecule has 0 spiro atoms. The molecule has 0 aromatic rings. The van der Waals surface area contributed by atoms with Crippen molar-refractivity contribution >= 4 is 29.7 Å². The van der Waals surface area contributed by atoms with E-state index in [0.29, 0.717) is 12.2 Å². The van der Waals surface area contributed by atoms with Gasteiger partial charge in [0.05, 0.1) is 7.11 Å². The number of carbonyl (C=O) groups is 3. The van der Waals surface area contributed by atoms with Crippen LogP contribution in [0, 0.1) is 5.92 Å². The van der Waals surface area contributed by atoms with Crippen molar-refractivity contribution in [1.29, 1.82) is 0 Å². The van der Waals surface area contributed by atoms with Crippen LogP contribution < -0.4 is 10.6 Å². The number of allylic oxidation sites excluding steroid dienone is 5. The van der Waals surface area contributed by atoms with E-state index in [1.807, 2.05) is 13.8 Å². The normalized spacial score (nSPS) is 14.0. The fourth-order valence-electron chi connectivity index (χ4n) is 3.46. The fraction of sp³-hybridized carbons (Fsp3) is 0.700. The van der Waals surface area contributed by atoms with Crippen LogP contribution in [0.1, 0.15) is 94.4 Å². The number of amides is 2. The number of rotatable bonds is 16. The molecule has 0 aliphatic carbocycles. The standard InChI is InChI=1S/C30H52N2O5S/c1-21(2)13-11-14-23(5)15-12-16-24(6)17-18-38-20-26(28(34)36-10)31-27(33)25(19-22(3)4)32-29(35)37-30(7,8)9/h13,15,17,22,25-26H,11-12,14,16,18-20H2,1-10H3,(H,31,33)(H,32,35)/b23-15+,24-17+/t25-,26-/m0/s1. The van der Waals surface area contributed by atoms with Crippen molar-refractivity contribution in [3.8, 4) is 0 Å². The van der Waals surface area contributed by atoms with Gasteiger partial charge in [0.1, 0.15) is 17.7 Å². The summed E-state index contributed by atoms with van der Waals surface area (Å²) in [6, 6.07) is -1.63. The molecule has 0 saturated heterocycles. The Bertz CT molecular complexity index is 836. The Labute approximate surface area is 235 Å². The Kier molecular flexibility index (Phi) is 17.8. The molecule has 0 bridgehead atoms. The van der Waals surface area contributed by atoms with Gasteiger partial charge < -0.3 is 20.1 Å². The quantitative estimate of drug-likeness (QED) is 0.125. The summed E-state index contributed by atoms with van der Waals surface area (Å²) in [6.07, 6.45) is 10.7. The zero-order valence-electron chi connectivity index (χ0n) is 25.4. The molecule has 7 nitrogen and oxygen atoms in total. The van der Waals surface area contributed by atoms with Gasteiger partial charge in [-0.25, -0.2) is 9.59 Å². The number of hydrogen-bond donors (Lipinski definition) is 2. The highest BCUT2D eigenvalue weighted by molar-refractivity contribution is 7.99. The Balaban J connectivity index is 4.89. The van der Waals surface area contributed by atoms with Crippen LogP contribution in [0.5, 0.6) is 0 Å². The first-order valence-corrected chi connectivity index (χ1v) is 14.7. The molecule has 0 fully saturated rings. The number of esters is 1. The summed E-state index contributed by atoms with van der Waals surface area (Å²) in [6.45, 7) is 17.7. The molecule has 2 atom stereocenters. The third kappa shape index (κ3) is 18.9. The third-order valence-electron chi connectivity index (χ3n) is 5.47. The molecule has 0 aromatic carbocycles. The Morgan fingerprint density at radius 1 is 0.868 bits per heavy atom. The number of hydrogen-bond acceptors (Lipinski definition) is 6. The van der Waals surface area contributed by atoms with Gasteiger partial charge in [0.2, 0.25) is 5.91 Å². The molecule has 0 aliphatic heterocycles. The van der Waals surface area contributed by atoms with Gasteiger partial charge in [-0.15, -0.1) is 0 Å². The summed E-state index contributed by atoms with van der Waals surface area (Å²) >= 11 is 1.55. The molecule has 2 amide bonds. The lowest BCUT2D eigenvalue weighted by molar-refractivity contribution is -0.144. The van der Waals surface area contributed by atoms with E-state index < -0.39 is 35.7 Å². The van der Waals surface area contributed by atoms with Crippen molar-refractivity contribution in [2.75, 3.05) is 18.6 Å². The lowest BCUT2D eigenvalue weighted by atomic mass is 10.0. The highest BCUT2D eigenvalue weighted by Crippen LogP contribution is 2.14.